The van der Waals surface area contributed by atoms with E-state index in [1.165, 1.54) is 0 Å². The maximum absolute atomic E-state index is 12.7. The second kappa shape index (κ2) is 9.33. The predicted octanol–water partition coefficient (Wildman–Crippen LogP) is 2.42. The topological polar surface area (TPSA) is 118 Å². The first-order chi connectivity index (χ1) is 15.4. The van der Waals surface area contributed by atoms with Crippen LogP contribution in [0, 0.1) is 12.8 Å². The summed E-state index contributed by atoms with van der Waals surface area (Å²) in [5.41, 5.74) is 8.79. The number of aromatic nitrogens is 1. The highest BCUT2D eigenvalue weighted by Gasteiger charge is 2.33. The predicted molar refractivity (Wildman–Crippen MR) is 119 cm³/mol. The summed E-state index contributed by atoms with van der Waals surface area (Å²) in [6.07, 6.45) is 0.441. The molecule has 4 N–H and O–H groups in total. The van der Waals surface area contributed by atoms with Crippen molar-refractivity contribution < 1.29 is 19.5 Å². The number of rotatable bonds is 6. The first kappa shape index (κ1) is 21.7. The van der Waals surface area contributed by atoms with Gasteiger partial charge in [-0.05, 0) is 49.7 Å². The zero-order valence-electron chi connectivity index (χ0n) is 17.8. The number of nitrogens with zero attached hydrogens (tertiary/aromatic N) is 2. The zero-order chi connectivity index (χ0) is 22.7. The zero-order valence-corrected chi connectivity index (χ0v) is 17.8. The molecule has 0 radical (unpaired) electrons. The lowest BCUT2D eigenvalue weighted by Gasteiger charge is -2.34. The number of pyridine rings is 1. The summed E-state index contributed by atoms with van der Waals surface area (Å²) in [5, 5.41) is 14.6. The fraction of sp³-hybridized carbons (Fsp3) is 0.292. The van der Waals surface area contributed by atoms with Crippen LogP contribution in [0.4, 0.5) is 0 Å². The molecular formula is C24H26N4O4. The fourth-order valence-corrected chi connectivity index (χ4v) is 4.03. The van der Waals surface area contributed by atoms with Crippen molar-refractivity contribution in [2.75, 3.05) is 13.1 Å². The highest BCUT2D eigenvalue weighted by molar-refractivity contribution is 5.95. The highest BCUT2D eigenvalue weighted by atomic mass is 16.5. The number of nitrogens with one attached hydrogen (secondary N) is 1. The molecule has 8 nitrogen and oxygen atoms in total. The second-order valence-electron chi connectivity index (χ2n) is 8.04. The van der Waals surface area contributed by atoms with Gasteiger partial charge in [-0.25, -0.2) is 0 Å². The van der Waals surface area contributed by atoms with E-state index in [-0.39, 0.29) is 12.5 Å². The minimum absolute atomic E-state index is 0.107. The number of ether oxygens (including phenoxy) is 1. The molecule has 1 saturated heterocycles. The van der Waals surface area contributed by atoms with E-state index >= 15 is 0 Å². The van der Waals surface area contributed by atoms with Crippen LogP contribution in [0.3, 0.4) is 0 Å². The van der Waals surface area contributed by atoms with Crippen molar-refractivity contribution in [1.82, 2.24) is 15.4 Å². The van der Waals surface area contributed by atoms with Crippen LogP contribution in [0.1, 0.15) is 28.0 Å². The maximum atomic E-state index is 12.7. The molecule has 2 heterocycles. The van der Waals surface area contributed by atoms with Crippen molar-refractivity contribution in [1.29, 1.82) is 0 Å². The highest BCUT2D eigenvalue weighted by Crippen LogP contribution is 2.21. The minimum Gasteiger partial charge on any atom is -0.489 e. The van der Waals surface area contributed by atoms with Gasteiger partial charge in [-0.2, -0.15) is 5.06 Å². The van der Waals surface area contributed by atoms with Crippen LogP contribution in [0.2, 0.25) is 0 Å². The van der Waals surface area contributed by atoms with E-state index in [0.717, 1.165) is 27.2 Å². The third-order valence-electron chi connectivity index (χ3n) is 5.71. The van der Waals surface area contributed by atoms with Crippen LogP contribution >= 0.6 is 0 Å². The number of piperidine rings is 1. The number of hydrogen-bond acceptors (Lipinski definition) is 6. The van der Waals surface area contributed by atoms with E-state index in [9.17, 15) is 14.8 Å². The molecule has 2 unspecified atom stereocenters. The molecular weight excluding hydrogens is 408 g/mol. The largest absolute Gasteiger partial charge is 0.489 e. The standard InChI is InChI=1S/C24H26N4O4/c1-15-12-17(19-4-2-3-5-21(19)26-15)14-32-18-8-6-16(7-9-18)24(30)27-22-10-11-28(31)13-20(22)23(25)29/h2-9,12,20,22,31H,10-11,13-14H2,1H3,(H2,25,29)(H,27,30). The van der Waals surface area contributed by atoms with Gasteiger partial charge in [0, 0.05) is 41.3 Å². The van der Waals surface area contributed by atoms with Gasteiger partial charge in [0.05, 0.1) is 11.4 Å². The summed E-state index contributed by atoms with van der Waals surface area (Å²) in [5.74, 6) is -0.839. The molecule has 0 bridgehead atoms. The van der Waals surface area contributed by atoms with Crippen LogP contribution in [0.5, 0.6) is 5.75 Å². The summed E-state index contributed by atoms with van der Waals surface area (Å²) in [6, 6.07) is 16.4. The summed E-state index contributed by atoms with van der Waals surface area (Å²) in [6.45, 7) is 2.81. The molecule has 1 aliphatic heterocycles. The Bertz CT molecular complexity index is 1130. The number of amides is 2. The third kappa shape index (κ3) is 4.87. The number of aryl methyl sites for hydroxylation is 1. The van der Waals surface area contributed by atoms with E-state index in [1.807, 2.05) is 37.3 Å². The Hall–Kier alpha value is -3.49. The van der Waals surface area contributed by atoms with E-state index in [0.29, 0.717) is 30.9 Å². The lowest BCUT2D eigenvalue weighted by atomic mass is 9.92. The van der Waals surface area contributed by atoms with Crippen molar-refractivity contribution in [3.63, 3.8) is 0 Å². The van der Waals surface area contributed by atoms with E-state index in [1.54, 1.807) is 24.3 Å². The molecule has 2 aromatic carbocycles. The van der Waals surface area contributed by atoms with Crippen molar-refractivity contribution in [3.05, 3.63) is 71.4 Å². The fourth-order valence-electron chi connectivity index (χ4n) is 4.03. The molecule has 4 rings (SSSR count). The van der Waals surface area contributed by atoms with Gasteiger partial charge in [0.15, 0.2) is 0 Å². The number of fused-ring (bicyclic) bond motifs is 1. The number of para-hydroxylation sites is 1. The van der Waals surface area contributed by atoms with E-state index in [4.69, 9.17) is 10.5 Å². The number of hydrogen-bond donors (Lipinski definition) is 3. The Balaban J connectivity index is 1.40. The van der Waals surface area contributed by atoms with Crippen LogP contribution in [-0.2, 0) is 11.4 Å². The molecule has 2 atom stereocenters. The molecule has 0 aliphatic carbocycles. The smallest absolute Gasteiger partial charge is 0.251 e. The SMILES string of the molecule is Cc1cc(COc2ccc(C(=O)NC3CCN(O)CC3C(N)=O)cc2)c2ccccc2n1. The van der Waals surface area contributed by atoms with Crippen LogP contribution < -0.4 is 15.8 Å². The molecule has 1 aliphatic rings. The Morgan fingerprint density at radius 3 is 2.72 bits per heavy atom. The number of carbonyl (C=O) groups excluding carboxylic acids is 2. The molecule has 166 valence electrons. The van der Waals surface area contributed by atoms with Crippen molar-refractivity contribution >= 4 is 22.7 Å². The van der Waals surface area contributed by atoms with E-state index in [2.05, 4.69) is 10.3 Å². The normalized spacial score (nSPS) is 18.9. The Labute approximate surface area is 186 Å². The molecule has 0 saturated carbocycles. The van der Waals surface area contributed by atoms with Gasteiger partial charge in [-0.1, -0.05) is 18.2 Å². The number of benzene rings is 2. The molecule has 3 aromatic rings. The maximum Gasteiger partial charge on any atom is 0.251 e. The average molecular weight is 434 g/mol. The van der Waals surface area contributed by atoms with E-state index < -0.39 is 17.9 Å². The first-order valence-corrected chi connectivity index (χ1v) is 10.5. The Kier molecular flexibility index (Phi) is 6.34. The summed E-state index contributed by atoms with van der Waals surface area (Å²) in [4.78, 5) is 28.9. The number of hydroxylamine groups is 2. The third-order valence-corrected chi connectivity index (χ3v) is 5.71. The molecule has 1 aromatic heterocycles. The quantitative estimate of drug-likeness (QED) is 0.548. The lowest BCUT2D eigenvalue weighted by Crippen LogP contribution is -2.54. The minimum atomic E-state index is -0.640. The van der Waals surface area contributed by atoms with Gasteiger partial charge >= 0.3 is 0 Å². The van der Waals surface area contributed by atoms with Crippen molar-refractivity contribution in [2.45, 2.75) is 26.0 Å². The molecule has 32 heavy (non-hydrogen) atoms. The lowest BCUT2D eigenvalue weighted by molar-refractivity contribution is -0.143. The van der Waals surface area contributed by atoms with Gasteiger partial charge < -0.3 is 21.0 Å². The Morgan fingerprint density at radius 1 is 1.22 bits per heavy atom. The first-order valence-electron chi connectivity index (χ1n) is 10.5. The van der Waals surface area contributed by atoms with Crippen molar-refractivity contribution in [2.24, 2.45) is 11.7 Å². The van der Waals surface area contributed by atoms with Gasteiger partial charge in [-0.15, -0.1) is 0 Å². The second-order valence-corrected chi connectivity index (χ2v) is 8.04. The molecule has 2 amide bonds. The molecule has 1 fully saturated rings. The molecule has 0 spiro atoms. The van der Waals surface area contributed by atoms with Gasteiger partial charge in [0.2, 0.25) is 5.91 Å². The van der Waals surface area contributed by atoms with Gasteiger partial charge in [0.1, 0.15) is 12.4 Å². The number of primary amides is 1. The van der Waals surface area contributed by atoms with Crippen molar-refractivity contribution in [3.8, 4) is 5.75 Å². The number of nitrogens with two attached hydrogens (primary N) is 1. The number of carbonyl (C=O) groups is 2. The summed E-state index contributed by atoms with van der Waals surface area (Å²) in [7, 11) is 0. The van der Waals surface area contributed by atoms with Gasteiger partial charge in [-0.3, -0.25) is 14.6 Å². The van der Waals surface area contributed by atoms with Crippen LogP contribution in [0.15, 0.2) is 54.6 Å². The monoisotopic (exact) mass is 434 g/mol. The Morgan fingerprint density at radius 2 is 1.97 bits per heavy atom. The summed E-state index contributed by atoms with van der Waals surface area (Å²) >= 11 is 0. The summed E-state index contributed by atoms with van der Waals surface area (Å²) < 4.78 is 5.95. The van der Waals surface area contributed by atoms with Crippen LogP contribution in [0.25, 0.3) is 10.9 Å². The average Bonchev–Trinajstić information content (AvgIpc) is 2.78. The van der Waals surface area contributed by atoms with Gasteiger partial charge in [0.25, 0.3) is 5.91 Å². The molecule has 8 heteroatoms. The van der Waals surface area contributed by atoms with Crippen LogP contribution in [-0.4, -0.2) is 46.2 Å².